The molecule has 3 aromatic rings. The first-order valence-corrected chi connectivity index (χ1v) is 9.48. The highest BCUT2D eigenvalue weighted by molar-refractivity contribution is 5.92. The van der Waals surface area contributed by atoms with Crippen molar-refractivity contribution in [2.45, 2.75) is 44.6 Å². The predicted octanol–water partition coefficient (Wildman–Crippen LogP) is 6.10. The number of rotatable bonds is 3. The molecule has 4 rings (SSSR count). The number of carbonyl (C=O) groups is 1. The summed E-state index contributed by atoms with van der Waals surface area (Å²) in [6.45, 7) is 1.52. The highest BCUT2D eigenvalue weighted by Gasteiger charge is 2.31. The van der Waals surface area contributed by atoms with E-state index in [1.54, 1.807) is 0 Å². The van der Waals surface area contributed by atoms with Gasteiger partial charge in [0, 0.05) is 12.8 Å². The molecule has 0 unspecified atom stereocenters. The fraction of sp³-hybridized carbons (Fsp3) is 0.292. The average Bonchev–Trinajstić information content (AvgIpc) is 2.68. The van der Waals surface area contributed by atoms with Crippen molar-refractivity contribution in [2.75, 3.05) is 0 Å². The highest BCUT2D eigenvalue weighted by Crippen LogP contribution is 2.43. The van der Waals surface area contributed by atoms with Crippen LogP contribution in [-0.2, 0) is 9.53 Å². The van der Waals surface area contributed by atoms with Gasteiger partial charge in [0.1, 0.15) is 6.10 Å². The molecule has 26 heavy (non-hydrogen) atoms. The first-order chi connectivity index (χ1) is 12.7. The van der Waals surface area contributed by atoms with Gasteiger partial charge in [-0.3, -0.25) is 4.79 Å². The summed E-state index contributed by atoms with van der Waals surface area (Å²) in [5, 5.41) is 2.52. The summed E-state index contributed by atoms with van der Waals surface area (Å²) in [6.07, 6.45) is 4.28. The zero-order chi connectivity index (χ0) is 17.9. The van der Waals surface area contributed by atoms with Crippen LogP contribution in [0.15, 0.2) is 66.7 Å². The van der Waals surface area contributed by atoms with E-state index in [0.717, 1.165) is 19.3 Å². The molecule has 3 aromatic carbocycles. The Morgan fingerprint density at radius 3 is 2.42 bits per heavy atom. The minimum Gasteiger partial charge on any atom is -0.462 e. The van der Waals surface area contributed by atoms with Crippen LogP contribution in [0.25, 0.3) is 21.9 Å². The molecule has 2 atom stereocenters. The van der Waals surface area contributed by atoms with E-state index < -0.39 is 0 Å². The smallest absolute Gasteiger partial charge is 0.302 e. The molecule has 0 radical (unpaired) electrons. The minimum absolute atomic E-state index is 0.0329. The van der Waals surface area contributed by atoms with Gasteiger partial charge in [-0.25, -0.2) is 0 Å². The second-order valence-electron chi connectivity index (χ2n) is 7.15. The summed E-state index contributed by atoms with van der Waals surface area (Å²) in [4.78, 5) is 11.7. The Hall–Kier alpha value is -2.61. The first-order valence-electron chi connectivity index (χ1n) is 9.48. The van der Waals surface area contributed by atoms with Crippen LogP contribution in [0.5, 0.6) is 0 Å². The third-order valence-electron chi connectivity index (χ3n) is 5.45. The lowest BCUT2D eigenvalue weighted by molar-refractivity contribution is -0.148. The molecule has 1 saturated carbocycles. The van der Waals surface area contributed by atoms with E-state index in [2.05, 4.69) is 60.7 Å². The standard InChI is InChI=1S/C24H24O2/c1-17(25)26-23-14-8-7-13-22(23)24-20-12-6-5-11-19(20)15-16-21(24)18-9-3-2-4-10-18/h2-6,9-12,15-16,22-23H,7-8,13-14H2,1H3/t22-,23+/m0/s1. The van der Waals surface area contributed by atoms with Crippen LogP contribution in [0.2, 0.25) is 0 Å². The topological polar surface area (TPSA) is 26.3 Å². The number of hydrogen-bond donors (Lipinski definition) is 0. The van der Waals surface area contributed by atoms with Crippen molar-refractivity contribution in [3.63, 3.8) is 0 Å². The van der Waals surface area contributed by atoms with Crippen LogP contribution < -0.4 is 0 Å². The quantitative estimate of drug-likeness (QED) is 0.537. The van der Waals surface area contributed by atoms with Crippen molar-refractivity contribution in [3.05, 3.63) is 72.3 Å². The van der Waals surface area contributed by atoms with Crippen molar-refractivity contribution in [1.82, 2.24) is 0 Å². The van der Waals surface area contributed by atoms with E-state index >= 15 is 0 Å². The van der Waals surface area contributed by atoms with Gasteiger partial charge < -0.3 is 4.74 Å². The molecule has 0 saturated heterocycles. The van der Waals surface area contributed by atoms with Gasteiger partial charge in [0.2, 0.25) is 0 Å². The van der Waals surface area contributed by atoms with Gasteiger partial charge in [0.15, 0.2) is 0 Å². The predicted molar refractivity (Wildman–Crippen MR) is 106 cm³/mol. The van der Waals surface area contributed by atoms with Gasteiger partial charge >= 0.3 is 5.97 Å². The Morgan fingerprint density at radius 1 is 0.885 bits per heavy atom. The molecule has 0 bridgehead atoms. The summed E-state index contributed by atoms with van der Waals surface area (Å²) < 4.78 is 5.76. The molecule has 0 aromatic heterocycles. The lowest BCUT2D eigenvalue weighted by Gasteiger charge is -2.33. The maximum absolute atomic E-state index is 11.7. The summed E-state index contributed by atoms with van der Waals surface area (Å²) >= 11 is 0. The van der Waals surface area contributed by atoms with E-state index in [4.69, 9.17) is 4.74 Å². The molecule has 0 aliphatic heterocycles. The van der Waals surface area contributed by atoms with Crippen LogP contribution in [0.3, 0.4) is 0 Å². The van der Waals surface area contributed by atoms with E-state index in [1.165, 1.54) is 40.8 Å². The third-order valence-corrected chi connectivity index (χ3v) is 5.45. The van der Waals surface area contributed by atoms with Crippen LogP contribution in [0.4, 0.5) is 0 Å². The number of hydrogen-bond acceptors (Lipinski definition) is 2. The molecule has 1 fully saturated rings. The second kappa shape index (κ2) is 7.33. The normalized spacial score (nSPS) is 20.0. The Morgan fingerprint density at radius 2 is 1.62 bits per heavy atom. The molecule has 1 aliphatic rings. The highest BCUT2D eigenvalue weighted by atomic mass is 16.5. The number of ether oxygens (including phenoxy) is 1. The SMILES string of the molecule is CC(=O)O[C@@H]1CCCC[C@@H]1c1c(-c2ccccc2)ccc2ccccc12. The van der Waals surface area contributed by atoms with E-state index in [-0.39, 0.29) is 18.0 Å². The van der Waals surface area contributed by atoms with Crippen molar-refractivity contribution in [2.24, 2.45) is 0 Å². The van der Waals surface area contributed by atoms with Gasteiger partial charge in [0.25, 0.3) is 0 Å². The van der Waals surface area contributed by atoms with Gasteiger partial charge in [-0.15, -0.1) is 0 Å². The number of fused-ring (bicyclic) bond motifs is 1. The van der Waals surface area contributed by atoms with Crippen molar-refractivity contribution in [3.8, 4) is 11.1 Å². The Labute approximate surface area is 154 Å². The van der Waals surface area contributed by atoms with Crippen molar-refractivity contribution in [1.29, 1.82) is 0 Å². The number of esters is 1. The minimum atomic E-state index is -0.177. The Bertz CT molecular complexity index is 914. The maximum atomic E-state index is 11.7. The van der Waals surface area contributed by atoms with Gasteiger partial charge in [-0.1, -0.05) is 73.2 Å². The van der Waals surface area contributed by atoms with Crippen molar-refractivity contribution >= 4 is 16.7 Å². The third kappa shape index (κ3) is 3.24. The molecule has 0 N–H and O–H groups in total. The fourth-order valence-corrected chi connectivity index (χ4v) is 4.35. The summed E-state index contributed by atoms with van der Waals surface area (Å²) in [5.74, 6) is 0.0670. The molecular formula is C24H24O2. The molecule has 1 aliphatic carbocycles. The van der Waals surface area contributed by atoms with Gasteiger partial charge in [0.05, 0.1) is 0 Å². The summed E-state index contributed by atoms with van der Waals surface area (Å²) in [7, 11) is 0. The van der Waals surface area contributed by atoms with Gasteiger partial charge in [-0.2, -0.15) is 0 Å². The van der Waals surface area contributed by atoms with Gasteiger partial charge in [-0.05, 0) is 46.7 Å². The average molecular weight is 344 g/mol. The van der Waals surface area contributed by atoms with E-state index in [0.29, 0.717) is 0 Å². The molecule has 0 spiro atoms. The lowest BCUT2D eigenvalue weighted by atomic mass is 9.76. The van der Waals surface area contributed by atoms with Crippen LogP contribution in [-0.4, -0.2) is 12.1 Å². The number of carbonyl (C=O) groups excluding carboxylic acids is 1. The maximum Gasteiger partial charge on any atom is 0.302 e. The number of benzene rings is 3. The zero-order valence-corrected chi connectivity index (χ0v) is 15.2. The summed E-state index contributed by atoms with van der Waals surface area (Å²) in [6, 6.07) is 23.5. The molecule has 0 amide bonds. The van der Waals surface area contributed by atoms with E-state index in [1.807, 2.05) is 6.07 Å². The lowest BCUT2D eigenvalue weighted by Crippen LogP contribution is -2.28. The second-order valence-corrected chi connectivity index (χ2v) is 7.15. The zero-order valence-electron chi connectivity index (χ0n) is 15.2. The monoisotopic (exact) mass is 344 g/mol. The molecule has 2 heteroatoms. The molecular weight excluding hydrogens is 320 g/mol. The fourth-order valence-electron chi connectivity index (χ4n) is 4.35. The Balaban J connectivity index is 1.92. The van der Waals surface area contributed by atoms with E-state index in [9.17, 15) is 4.79 Å². The molecule has 0 heterocycles. The Kier molecular flexibility index (Phi) is 4.75. The summed E-state index contributed by atoms with van der Waals surface area (Å²) in [5.41, 5.74) is 3.81. The van der Waals surface area contributed by atoms with Crippen LogP contribution in [0, 0.1) is 0 Å². The first kappa shape index (κ1) is 16.8. The largest absolute Gasteiger partial charge is 0.462 e. The molecule has 132 valence electrons. The van der Waals surface area contributed by atoms with Crippen LogP contribution >= 0.6 is 0 Å². The molecule has 2 nitrogen and oxygen atoms in total. The van der Waals surface area contributed by atoms with Crippen LogP contribution in [0.1, 0.15) is 44.1 Å². The van der Waals surface area contributed by atoms with Crippen molar-refractivity contribution < 1.29 is 9.53 Å².